The Balaban J connectivity index is 2.30. The summed E-state index contributed by atoms with van der Waals surface area (Å²) in [5.74, 6) is 0.935. The maximum Gasteiger partial charge on any atom is 0.180 e. The predicted octanol–water partition coefficient (Wildman–Crippen LogP) is 1.76. The Labute approximate surface area is 96.0 Å². The van der Waals surface area contributed by atoms with Gasteiger partial charge in [-0.1, -0.05) is 12.1 Å². The molecular weight excluding hydrogens is 202 g/mol. The number of hydrogen-bond acceptors (Lipinski definition) is 3. The minimum Gasteiger partial charge on any atom is -0.493 e. The van der Waals surface area contributed by atoms with E-state index in [0.29, 0.717) is 6.54 Å². The zero-order valence-corrected chi connectivity index (χ0v) is 9.82. The predicted molar refractivity (Wildman–Crippen MR) is 63.1 cm³/mol. The topological polar surface area (TPSA) is 29.5 Å². The second kappa shape index (κ2) is 4.66. The lowest BCUT2D eigenvalue weighted by atomic mass is 10.00. The molecule has 0 spiro atoms. The maximum absolute atomic E-state index is 12.0. The van der Waals surface area contributed by atoms with E-state index in [1.54, 1.807) is 0 Å². The molecular formula is C13H17NO2. The number of benzene rings is 1. The van der Waals surface area contributed by atoms with Gasteiger partial charge in [0.2, 0.25) is 0 Å². The summed E-state index contributed by atoms with van der Waals surface area (Å²) in [4.78, 5) is 13.9. The van der Waals surface area contributed by atoms with E-state index in [1.165, 1.54) is 0 Å². The molecule has 0 amide bonds. The van der Waals surface area contributed by atoms with Crippen LogP contribution in [0.5, 0.6) is 5.75 Å². The van der Waals surface area contributed by atoms with Crippen LogP contribution in [0.1, 0.15) is 22.3 Å². The first-order chi connectivity index (χ1) is 7.68. The highest BCUT2D eigenvalue weighted by molar-refractivity contribution is 6.00. The fourth-order valence-corrected chi connectivity index (χ4v) is 1.98. The molecule has 0 fully saturated rings. The number of likely N-dealkylation sites (N-methyl/N-ethyl adjacent to an activating group) is 1. The van der Waals surface area contributed by atoms with Gasteiger partial charge in [0.1, 0.15) is 5.75 Å². The van der Waals surface area contributed by atoms with Crippen LogP contribution < -0.4 is 4.74 Å². The van der Waals surface area contributed by atoms with Gasteiger partial charge in [-0.05, 0) is 38.6 Å². The normalized spacial score (nSPS) is 14.4. The zero-order valence-electron chi connectivity index (χ0n) is 9.82. The molecule has 0 N–H and O–H groups in total. The fraction of sp³-hybridized carbons (Fsp3) is 0.462. The molecule has 16 heavy (non-hydrogen) atoms. The Kier molecular flexibility index (Phi) is 3.25. The van der Waals surface area contributed by atoms with Gasteiger partial charge in [0.05, 0.1) is 18.7 Å². The van der Waals surface area contributed by atoms with Crippen LogP contribution in [0.2, 0.25) is 0 Å². The van der Waals surface area contributed by atoms with Crippen molar-refractivity contribution in [2.45, 2.75) is 12.8 Å². The third kappa shape index (κ3) is 2.25. The third-order valence-corrected chi connectivity index (χ3v) is 2.69. The van der Waals surface area contributed by atoms with Crippen LogP contribution in [-0.2, 0) is 6.42 Å². The van der Waals surface area contributed by atoms with Gasteiger partial charge in [-0.15, -0.1) is 0 Å². The van der Waals surface area contributed by atoms with E-state index in [1.807, 2.05) is 37.2 Å². The molecule has 1 aromatic rings. The van der Waals surface area contributed by atoms with Gasteiger partial charge in [0.25, 0.3) is 0 Å². The molecule has 1 aliphatic rings. The minimum absolute atomic E-state index is 0.128. The molecule has 0 aliphatic carbocycles. The van der Waals surface area contributed by atoms with Crippen molar-refractivity contribution in [1.29, 1.82) is 0 Å². The smallest absolute Gasteiger partial charge is 0.180 e. The summed E-state index contributed by atoms with van der Waals surface area (Å²) < 4.78 is 5.62. The van der Waals surface area contributed by atoms with Crippen LogP contribution in [-0.4, -0.2) is 37.9 Å². The molecule has 0 saturated carbocycles. The largest absolute Gasteiger partial charge is 0.493 e. The molecule has 86 valence electrons. The van der Waals surface area contributed by atoms with E-state index < -0.39 is 0 Å². The average molecular weight is 219 g/mol. The number of rotatable bonds is 3. The number of ketones is 1. The van der Waals surface area contributed by atoms with E-state index >= 15 is 0 Å². The molecule has 0 atom stereocenters. The highest BCUT2D eigenvalue weighted by Crippen LogP contribution is 2.29. The number of nitrogens with zero attached hydrogens (tertiary/aromatic N) is 1. The van der Waals surface area contributed by atoms with Crippen LogP contribution in [0.3, 0.4) is 0 Å². The maximum atomic E-state index is 12.0. The number of carbonyl (C=O) groups excluding carboxylic acids is 1. The zero-order chi connectivity index (χ0) is 11.5. The standard InChI is InChI=1S/C13H17NO2/c1-14(2)9-12(15)11-7-3-5-10-6-4-8-16-13(10)11/h3,5,7H,4,6,8-9H2,1-2H3. The third-order valence-electron chi connectivity index (χ3n) is 2.69. The Morgan fingerprint density at radius 2 is 2.25 bits per heavy atom. The summed E-state index contributed by atoms with van der Waals surface area (Å²) in [6.07, 6.45) is 2.05. The second-order valence-corrected chi connectivity index (χ2v) is 4.41. The molecule has 1 aromatic carbocycles. The fourth-order valence-electron chi connectivity index (χ4n) is 1.98. The molecule has 2 rings (SSSR count). The van der Waals surface area contributed by atoms with Crippen LogP contribution in [0.15, 0.2) is 18.2 Å². The number of para-hydroxylation sites is 1. The molecule has 0 radical (unpaired) electrons. The lowest BCUT2D eigenvalue weighted by Crippen LogP contribution is -2.23. The number of fused-ring (bicyclic) bond motifs is 1. The van der Waals surface area contributed by atoms with E-state index in [0.717, 1.165) is 36.3 Å². The van der Waals surface area contributed by atoms with Crippen LogP contribution in [0, 0.1) is 0 Å². The molecule has 0 bridgehead atoms. The molecule has 3 nitrogen and oxygen atoms in total. The van der Waals surface area contributed by atoms with E-state index in [2.05, 4.69) is 0 Å². The van der Waals surface area contributed by atoms with Crippen LogP contribution >= 0.6 is 0 Å². The Morgan fingerprint density at radius 1 is 1.44 bits per heavy atom. The molecule has 3 heteroatoms. The summed E-state index contributed by atoms with van der Waals surface area (Å²) >= 11 is 0. The quantitative estimate of drug-likeness (QED) is 0.725. The molecule has 0 aromatic heterocycles. The highest BCUT2D eigenvalue weighted by atomic mass is 16.5. The first-order valence-electron chi connectivity index (χ1n) is 5.61. The van der Waals surface area contributed by atoms with Crippen molar-refractivity contribution in [2.24, 2.45) is 0 Å². The Morgan fingerprint density at radius 3 is 3.00 bits per heavy atom. The van der Waals surface area contributed by atoms with E-state index in [9.17, 15) is 4.79 Å². The first-order valence-corrected chi connectivity index (χ1v) is 5.61. The minimum atomic E-state index is 0.128. The first kappa shape index (κ1) is 11.1. The van der Waals surface area contributed by atoms with Gasteiger partial charge in [-0.2, -0.15) is 0 Å². The molecule has 0 saturated heterocycles. The lowest BCUT2D eigenvalue weighted by Gasteiger charge is -2.20. The number of hydrogen-bond donors (Lipinski definition) is 0. The summed E-state index contributed by atoms with van der Waals surface area (Å²) in [5.41, 5.74) is 1.89. The molecule has 1 heterocycles. The number of carbonyl (C=O) groups is 1. The van der Waals surface area contributed by atoms with Gasteiger partial charge in [0.15, 0.2) is 5.78 Å². The van der Waals surface area contributed by atoms with Crippen molar-refractivity contribution in [1.82, 2.24) is 4.90 Å². The van der Waals surface area contributed by atoms with Crippen molar-refractivity contribution < 1.29 is 9.53 Å². The second-order valence-electron chi connectivity index (χ2n) is 4.41. The number of aryl methyl sites for hydroxylation is 1. The van der Waals surface area contributed by atoms with E-state index in [4.69, 9.17) is 4.74 Å². The van der Waals surface area contributed by atoms with Crippen molar-refractivity contribution in [3.05, 3.63) is 29.3 Å². The van der Waals surface area contributed by atoms with Crippen molar-refractivity contribution >= 4 is 5.78 Å². The van der Waals surface area contributed by atoms with Crippen molar-refractivity contribution in [3.63, 3.8) is 0 Å². The molecule has 0 unspecified atom stereocenters. The summed E-state index contributed by atoms with van der Waals surface area (Å²) in [6.45, 7) is 1.15. The number of ether oxygens (including phenoxy) is 1. The van der Waals surface area contributed by atoms with Gasteiger partial charge < -0.3 is 9.64 Å². The van der Waals surface area contributed by atoms with Gasteiger partial charge in [-0.3, -0.25) is 4.79 Å². The van der Waals surface area contributed by atoms with Crippen molar-refractivity contribution in [2.75, 3.05) is 27.2 Å². The Hall–Kier alpha value is -1.35. The highest BCUT2D eigenvalue weighted by Gasteiger charge is 2.18. The van der Waals surface area contributed by atoms with E-state index in [-0.39, 0.29) is 5.78 Å². The number of Topliss-reactive ketones (excluding diaryl/α,β-unsaturated/α-hetero) is 1. The summed E-state index contributed by atoms with van der Waals surface area (Å²) in [6, 6.07) is 5.84. The molecule has 1 aliphatic heterocycles. The summed E-state index contributed by atoms with van der Waals surface area (Å²) in [5, 5.41) is 0. The summed E-state index contributed by atoms with van der Waals surface area (Å²) in [7, 11) is 3.79. The van der Waals surface area contributed by atoms with Gasteiger partial charge >= 0.3 is 0 Å². The monoisotopic (exact) mass is 219 g/mol. The average Bonchev–Trinajstić information content (AvgIpc) is 2.27. The Bertz CT molecular complexity index is 399. The van der Waals surface area contributed by atoms with Crippen molar-refractivity contribution in [3.8, 4) is 5.75 Å². The van der Waals surface area contributed by atoms with Crippen LogP contribution in [0.25, 0.3) is 0 Å². The van der Waals surface area contributed by atoms with Crippen LogP contribution in [0.4, 0.5) is 0 Å². The van der Waals surface area contributed by atoms with Gasteiger partial charge in [0, 0.05) is 0 Å². The SMILES string of the molecule is CN(C)CC(=O)c1cccc2c1OCCC2. The van der Waals surface area contributed by atoms with Gasteiger partial charge in [-0.25, -0.2) is 0 Å². The lowest BCUT2D eigenvalue weighted by molar-refractivity contribution is 0.0953.